The maximum absolute atomic E-state index is 9.41. The highest BCUT2D eigenvalue weighted by Gasteiger charge is 2.12. The number of unbranched alkanes of at least 4 members (excludes halogenated alkanes) is 1. The van der Waals surface area contributed by atoms with Gasteiger partial charge in [0.25, 0.3) is 0 Å². The number of aliphatic hydroxyl groups excluding tert-OH is 1. The molecule has 0 heterocycles. The van der Waals surface area contributed by atoms with Crippen molar-refractivity contribution < 1.29 is 10.2 Å². The normalized spacial score (nSPS) is 12.2. The summed E-state index contributed by atoms with van der Waals surface area (Å²) >= 11 is 0. The summed E-state index contributed by atoms with van der Waals surface area (Å²) in [6.07, 6.45) is 1.75. The average molecular weight is 271 g/mol. The number of hydrogen-bond acceptors (Lipinski definition) is 3. The van der Waals surface area contributed by atoms with Crippen LogP contribution < -0.4 is 5.32 Å². The molecule has 1 unspecified atom stereocenters. The molecule has 0 aliphatic rings. The van der Waals surface area contributed by atoms with Crippen LogP contribution in [0.3, 0.4) is 0 Å². The standard InChI is InChI=1S/C17H21NO2/c19-13-5-4-12-18-17(14-6-2-1-3-7-14)15-8-10-16(20)11-9-15/h1-3,6-11,17-20H,4-5,12-13H2. The van der Waals surface area contributed by atoms with Crippen LogP contribution >= 0.6 is 0 Å². The zero-order valence-electron chi connectivity index (χ0n) is 11.5. The van der Waals surface area contributed by atoms with E-state index in [9.17, 15) is 5.11 Å². The van der Waals surface area contributed by atoms with Gasteiger partial charge in [0.05, 0.1) is 6.04 Å². The highest BCUT2D eigenvalue weighted by molar-refractivity contribution is 5.34. The monoisotopic (exact) mass is 271 g/mol. The molecular weight excluding hydrogens is 250 g/mol. The van der Waals surface area contributed by atoms with Gasteiger partial charge < -0.3 is 15.5 Å². The van der Waals surface area contributed by atoms with Crippen molar-refractivity contribution in [3.05, 3.63) is 65.7 Å². The van der Waals surface area contributed by atoms with E-state index in [0.717, 1.165) is 24.9 Å². The van der Waals surface area contributed by atoms with Crippen molar-refractivity contribution in [3.63, 3.8) is 0 Å². The molecule has 2 aromatic carbocycles. The molecule has 1 atom stereocenters. The smallest absolute Gasteiger partial charge is 0.115 e. The Bertz CT molecular complexity index is 496. The molecule has 0 aromatic heterocycles. The number of rotatable bonds is 7. The number of phenols is 1. The molecule has 20 heavy (non-hydrogen) atoms. The zero-order valence-corrected chi connectivity index (χ0v) is 11.5. The van der Waals surface area contributed by atoms with E-state index in [-0.39, 0.29) is 18.4 Å². The van der Waals surface area contributed by atoms with Crippen molar-refractivity contribution in [2.75, 3.05) is 13.2 Å². The van der Waals surface area contributed by atoms with E-state index in [4.69, 9.17) is 5.11 Å². The van der Waals surface area contributed by atoms with Gasteiger partial charge in [-0.1, -0.05) is 42.5 Å². The van der Waals surface area contributed by atoms with Crippen LogP contribution in [0.5, 0.6) is 5.75 Å². The third-order valence-electron chi connectivity index (χ3n) is 3.29. The lowest BCUT2D eigenvalue weighted by Crippen LogP contribution is -2.23. The predicted molar refractivity (Wildman–Crippen MR) is 80.7 cm³/mol. The third-order valence-corrected chi connectivity index (χ3v) is 3.29. The molecule has 0 aliphatic heterocycles. The van der Waals surface area contributed by atoms with Crippen LogP contribution in [0.15, 0.2) is 54.6 Å². The van der Waals surface area contributed by atoms with E-state index in [1.54, 1.807) is 12.1 Å². The van der Waals surface area contributed by atoms with Gasteiger partial charge >= 0.3 is 0 Å². The third kappa shape index (κ3) is 4.08. The Morgan fingerprint density at radius 2 is 1.50 bits per heavy atom. The van der Waals surface area contributed by atoms with Crippen molar-refractivity contribution in [1.29, 1.82) is 0 Å². The van der Waals surface area contributed by atoms with Crippen LogP contribution in [-0.4, -0.2) is 23.4 Å². The Balaban J connectivity index is 2.13. The van der Waals surface area contributed by atoms with Crippen LogP contribution in [0.2, 0.25) is 0 Å². The van der Waals surface area contributed by atoms with Crippen molar-refractivity contribution in [1.82, 2.24) is 5.32 Å². The molecule has 0 saturated carbocycles. The van der Waals surface area contributed by atoms with Gasteiger partial charge in [0.2, 0.25) is 0 Å². The first-order valence-electron chi connectivity index (χ1n) is 6.99. The first-order chi connectivity index (χ1) is 9.81. The van der Waals surface area contributed by atoms with Gasteiger partial charge in [-0.25, -0.2) is 0 Å². The first-order valence-corrected chi connectivity index (χ1v) is 6.99. The Hall–Kier alpha value is -1.84. The van der Waals surface area contributed by atoms with Gasteiger partial charge in [-0.15, -0.1) is 0 Å². The van der Waals surface area contributed by atoms with Crippen LogP contribution in [0.1, 0.15) is 30.0 Å². The second kappa shape index (κ2) is 7.68. The van der Waals surface area contributed by atoms with Gasteiger partial charge in [-0.2, -0.15) is 0 Å². The SMILES string of the molecule is OCCCCNC(c1ccccc1)c1ccc(O)cc1. The molecule has 0 aliphatic carbocycles. The number of nitrogens with one attached hydrogen (secondary N) is 1. The summed E-state index contributed by atoms with van der Waals surface area (Å²) in [5.74, 6) is 0.279. The van der Waals surface area contributed by atoms with Gasteiger partial charge in [-0.05, 0) is 42.6 Å². The molecule has 3 N–H and O–H groups in total. The van der Waals surface area contributed by atoms with Crippen LogP contribution in [-0.2, 0) is 0 Å². The zero-order chi connectivity index (χ0) is 14.2. The summed E-state index contributed by atoms with van der Waals surface area (Å²) in [7, 11) is 0. The summed E-state index contributed by atoms with van der Waals surface area (Å²) in [5.41, 5.74) is 2.32. The average Bonchev–Trinajstić information content (AvgIpc) is 2.50. The molecule has 3 heteroatoms. The van der Waals surface area contributed by atoms with E-state index in [0.29, 0.717) is 0 Å². The summed E-state index contributed by atoms with van der Waals surface area (Å²) in [6.45, 7) is 1.08. The highest BCUT2D eigenvalue weighted by Crippen LogP contribution is 2.23. The molecule has 2 rings (SSSR count). The van der Waals surface area contributed by atoms with E-state index >= 15 is 0 Å². The second-order valence-electron chi connectivity index (χ2n) is 4.82. The van der Waals surface area contributed by atoms with Crippen molar-refractivity contribution in [3.8, 4) is 5.75 Å². The molecule has 2 aromatic rings. The molecule has 0 radical (unpaired) electrons. The molecule has 106 valence electrons. The van der Waals surface area contributed by atoms with Crippen molar-refractivity contribution in [2.45, 2.75) is 18.9 Å². The van der Waals surface area contributed by atoms with Crippen LogP contribution in [0.25, 0.3) is 0 Å². The van der Waals surface area contributed by atoms with E-state index in [1.807, 2.05) is 30.3 Å². The second-order valence-corrected chi connectivity index (χ2v) is 4.82. The molecular formula is C17H21NO2. The number of phenolic OH excluding ortho intramolecular Hbond substituents is 1. The summed E-state index contributed by atoms with van der Waals surface area (Å²) in [6, 6.07) is 17.6. The number of aromatic hydroxyl groups is 1. The minimum absolute atomic E-state index is 0.107. The minimum Gasteiger partial charge on any atom is -0.508 e. The molecule has 0 saturated heterocycles. The van der Waals surface area contributed by atoms with Gasteiger partial charge in [-0.3, -0.25) is 0 Å². The maximum Gasteiger partial charge on any atom is 0.115 e. The van der Waals surface area contributed by atoms with Crippen molar-refractivity contribution in [2.24, 2.45) is 0 Å². The van der Waals surface area contributed by atoms with Gasteiger partial charge in [0, 0.05) is 6.61 Å². The fraction of sp³-hybridized carbons (Fsp3) is 0.294. The Morgan fingerprint density at radius 1 is 0.850 bits per heavy atom. The van der Waals surface area contributed by atoms with Gasteiger partial charge in [0.15, 0.2) is 0 Å². The molecule has 0 amide bonds. The predicted octanol–water partition coefficient (Wildman–Crippen LogP) is 2.84. The lowest BCUT2D eigenvalue weighted by Gasteiger charge is -2.20. The summed E-state index contributed by atoms with van der Waals surface area (Å²) < 4.78 is 0. The molecule has 0 spiro atoms. The lowest BCUT2D eigenvalue weighted by atomic mass is 9.98. The minimum atomic E-state index is 0.107. The largest absolute Gasteiger partial charge is 0.508 e. The van der Waals surface area contributed by atoms with Crippen LogP contribution in [0, 0.1) is 0 Å². The Morgan fingerprint density at radius 3 is 2.15 bits per heavy atom. The quantitative estimate of drug-likeness (QED) is 0.679. The number of aliphatic hydroxyl groups is 1. The highest BCUT2D eigenvalue weighted by atomic mass is 16.3. The molecule has 0 fully saturated rings. The summed E-state index contributed by atoms with van der Waals surface area (Å²) in [4.78, 5) is 0. The first kappa shape index (κ1) is 14.6. The fourth-order valence-electron chi connectivity index (χ4n) is 2.22. The number of hydrogen-bond donors (Lipinski definition) is 3. The maximum atomic E-state index is 9.41. The topological polar surface area (TPSA) is 52.5 Å². The van der Waals surface area contributed by atoms with E-state index < -0.39 is 0 Å². The summed E-state index contributed by atoms with van der Waals surface area (Å²) in [5, 5.41) is 21.8. The van der Waals surface area contributed by atoms with E-state index in [1.165, 1.54) is 5.56 Å². The van der Waals surface area contributed by atoms with Crippen LogP contribution in [0.4, 0.5) is 0 Å². The van der Waals surface area contributed by atoms with E-state index in [2.05, 4.69) is 17.4 Å². The fourth-order valence-corrected chi connectivity index (χ4v) is 2.22. The van der Waals surface area contributed by atoms with Gasteiger partial charge in [0.1, 0.15) is 5.75 Å². The van der Waals surface area contributed by atoms with Crippen molar-refractivity contribution >= 4 is 0 Å². The molecule has 3 nitrogen and oxygen atoms in total. The molecule has 0 bridgehead atoms. The Kier molecular flexibility index (Phi) is 5.59. The Labute approximate surface area is 119 Å². The lowest BCUT2D eigenvalue weighted by molar-refractivity contribution is 0.283. The number of benzene rings is 2.